The Kier molecular flexibility index (Phi) is 9.77. The van der Waals surface area contributed by atoms with Gasteiger partial charge in [0.2, 0.25) is 5.91 Å². The number of hydrogen-bond donors (Lipinski definition) is 6. The number of aliphatic hydroxyl groups excluding tert-OH is 2. The standard InChI is InChI=1S/C18H27F2N3O5/c1-10(2)7-22-17(26)15(9-24)21-8-16(25)14(23-18(27)28)5-11-3-12(19)6-13(20)4-11/h3-4,6,10,14-16,21,23-25H,5,7-9H2,1-2H3,(H,22,26)(H,27,28)/t14-,15-,16-/m0/s1. The summed E-state index contributed by atoms with van der Waals surface area (Å²) >= 11 is 0. The molecule has 0 radical (unpaired) electrons. The van der Waals surface area contributed by atoms with Crippen molar-refractivity contribution < 1.29 is 33.7 Å². The molecule has 0 fully saturated rings. The minimum atomic E-state index is -1.42. The smallest absolute Gasteiger partial charge is 0.404 e. The summed E-state index contributed by atoms with van der Waals surface area (Å²) in [6, 6.07) is 0.670. The van der Waals surface area contributed by atoms with Crippen LogP contribution in [0.3, 0.4) is 0 Å². The highest BCUT2D eigenvalue weighted by Gasteiger charge is 2.25. The van der Waals surface area contributed by atoms with Gasteiger partial charge in [-0.05, 0) is 30.0 Å². The van der Waals surface area contributed by atoms with Crippen molar-refractivity contribution in [1.82, 2.24) is 16.0 Å². The van der Waals surface area contributed by atoms with Crippen LogP contribution >= 0.6 is 0 Å². The van der Waals surface area contributed by atoms with E-state index >= 15 is 0 Å². The van der Waals surface area contributed by atoms with Crippen LogP contribution in [0.1, 0.15) is 19.4 Å². The average molecular weight is 403 g/mol. The van der Waals surface area contributed by atoms with Crippen LogP contribution < -0.4 is 16.0 Å². The zero-order chi connectivity index (χ0) is 21.3. The Morgan fingerprint density at radius 3 is 2.21 bits per heavy atom. The van der Waals surface area contributed by atoms with Gasteiger partial charge in [0.1, 0.15) is 17.7 Å². The second-order valence-electron chi connectivity index (χ2n) is 6.89. The summed E-state index contributed by atoms with van der Waals surface area (Å²) in [5, 5.41) is 36.0. The predicted molar refractivity (Wildman–Crippen MR) is 97.7 cm³/mol. The van der Waals surface area contributed by atoms with Gasteiger partial charge >= 0.3 is 6.09 Å². The van der Waals surface area contributed by atoms with Crippen LogP contribution in [0.5, 0.6) is 0 Å². The largest absolute Gasteiger partial charge is 0.465 e. The lowest BCUT2D eigenvalue weighted by Gasteiger charge is -2.25. The van der Waals surface area contributed by atoms with E-state index in [4.69, 9.17) is 5.11 Å². The number of carbonyl (C=O) groups is 2. The molecule has 0 aliphatic carbocycles. The average Bonchev–Trinajstić information content (AvgIpc) is 2.58. The molecule has 0 spiro atoms. The molecule has 1 aromatic carbocycles. The Bertz CT molecular complexity index is 640. The quantitative estimate of drug-likeness (QED) is 0.314. The maximum atomic E-state index is 13.3. The van der Waals surface area contributed by atoms with Gasteiger partial charge in [0.15, 0.2) is 0 Å². The van der Waals surface area contributed by atoms with E-state index in [9.17, 15) is 28.6 Å². The van der Waals surface area contributed by atoms with Crippen molar-refractivity contribution in [3.8, 4) is 0 Å². The molecule has 1 rings (SSSR count). The summed E-state index contributed by atoms with van der Waals surface area (Å²) in [7, 11) is 0. The molecule has 10 heteroatoms. The van der Waals surface area contributed by atoms with Crippen LogP contribution in [0.4, 0.5) is 13.6 Å². The van der Waals surface area contributed by atoms with Gasteiger partial charge in [0, 0.05) is 19.2 Å². The molecule has 0 unspecified atom stereocenters. The molecule has 2 amide bonds. The van der Waals surface area contributed by atoms with Gasteiger partial charge in [-0.2, -0.15) is 0 Å². The van der Waals surface area contributed by atoms with Crippen molar-refractivity contribution in [3.05, 3.63) is 35.4 Å². The number of halogens is 2. The molecule has 158 valence electrons. The van der Waals surface area contributed by atoms with E-state index in [1.54, 1.807) is 0 Å². The molecule has 0 heterocycles. The fourth-order valence-corrected chi connectivity index (χ4v) is 2.50. The summed E-state index contributed by atoms with van der Waals surface area (Å²) in [6.45, 7) is 3.46. The third kappa shape index (κ3) is 8.59. The molecule has 6 N–H and O–H groups in total. The number of rotatable bonds is 11. The zero-order valence-corrected chi connectivity index (χ0v) is 15.8. The topological polar surface area (TPSA) is 131 Å². The van der Waals surface area contributed by atoms with Crippen molar-refractivity contribution in [2.45, 2.75) is 38.5 Å². The monoisotopic (exact) mass is 403 g/mol. The number of hydrogen-bond acceptors (Lipinski definition) is 5. The summed E-state index contributed by atoms with van der Waals surface area (Å²) in [4.78, 5) is 23.0. The van der Waals surface area contributed by atoms with Crippen LogP contribution in [0.2, 0.25) is 0 Å². The highest BCUT2D eigenvalue weighted by atomic mass is 19.1. The molecular formula is C18H27F2N3O5. The lowest BCUT2D eigenvalue weighted by atomic mass is 10.0. The normalized spacial score (nSPS) is 14.4. The van der Waals surface area contributed by atoms with Crippen LogP contribution in [0.25, 0.3) is 0 Å². The Labute approximate surface area is 161 Å². The number of carboxylic acid groups (broad SMARTS) is 1. The van der Waals surface area contributed by atoms with E-state index in [1.807, 2.05) is 13.8 Å². The van der Waals surface area contributed by atoms with Gasteiger partial charge in [-0.15, -0.1) is 0 Å². The minimum Gasteiger partial charge on any atom is -0.465 e. The third-order valence-electron chi connectivity index (χ3n) is 3.91. The van der Waals surface area contributed by atoms with Crippen LogP contribution in [-0.4, -0.2) is 65.2 Å². The van der Waals surface area contributed by atoms with Gasteiger partial charge in [-0.25, -0.2) is 13.6 Å². The predicted octanol–water partition coefficient (Wildman–Crippen LogP) is 0.227. The Hall–Kier alpha value is -2.30. The molecule has 28 heavy (non-hydrogen) atoms. The second-order valence-corrected chi connectivity index (χ2v) is 6.89. The van der Waals surface area contributed by atoms with Gasteiger partial charge in [-0.3, -0.25) is 4.79 Å². The van der Waals surface area contributed by atoms with Gasteiger partial charge in [0.05, 0.1) is 18.8 Å². The lowest BCUT2D eigenvalue weighted by Crippen LogP contribution is -2.53. The van der Waals surface area contributed by atoms with Gasteiger partial charge in [0.25, 0.3) is 0 Å². The molecule has 0 saturated heterocycles. The van der Waals surface area contributed by atoms with Crippen molar-refractivity contribution in [3.63, 3.8) is 0 Å². The van der Waals surface area contributed by atoms with Crippen LogP contribution in [-0.2, 0) is 11.2 Å². The number of carbonyl (C=O) groups excluding carboxylic acids is 1. The first-order valence-corrected chi connectivity index (χ1v) is 8.86. The van der Waals surface area contributed by atoms with Crippen molar-refractivity contribution in [2.24, 2.45) is 5.92 Å². The first-order chi connectivity index (χ1) is 13.1. The van der Waals surface area contributed by atoms with Gasteiger partial charge < -0.3 is 31.3 Å². The van der Waals surface area contributed by atoms with E-state index < -0.39 is 48.4 Å². The summed E-state index contributed by atoms with van der Waals surface area (Å²) < 4.78 is 26.7. The second kappa shape index (κ2) is 11.5. The molecule has 1 aromatic rings. The maximum absolute atomic E-state index is 13.3. The molecule has 0 saturated carbocycles. The number of aliphatic hydroxyl groups is 2. The van der Waals surface area contributed by atoms with Crippen LogP contribution in [0, 0.1) is 17.6 Å². The van der Waals surface area contributed by atoms with E-state index in [-0.39, 0.29) is 24.4 Å². The van der Waals surface area contributed by atoms with Gasteiger partial charge in [-0.1, -0.05) is 13.8 Å². The number of amides is 2. The SMILES string of the molecule is CC(C)CNC(=O)[C@H](CO)NC[C@H](O)[C@H](Cc1cc(F)cc(F)c1)NC(=O)O. The van der Waals surface area contributed by atoms with Crippen LogP contribution in [0.15, 0.2) is 18.2 Å². The Morgan fingerprint density at radius 1 is 1.11 bits per heavy atom. The molecular weight excluding hydrogens is 376 g/mol. The Balaban J connectivity index is 2.73. The number of benzene rings is 1. The maximum Gasteiger partial charge on any atom is 0.404 e. The first-order valence-electron chi connectivity index (χ1n) is 8.86. The molecule has 0 aliphatic heterocycles. The third-order valence-corrected chi connectivity index (χ3v) is 3.91. The van der Waals surface area contributed by atoms with E-state index in [0.29, 0.717) is 12.6 Å². The van der Waals surface area contributed by atoms with E-state index in [2.05, 4.69) is 16.0 Å². The number of nitrogens with one attached hydrogen (secondary N) is 3. The summed E-state index contributed by atoms with van der Waals surface area (Å²) in [5.74, 6) is -1.89. The molecule has 0 aromatic heterocycles. The van der Waals surface area contributed by atoms with Crippen molar-refractivity contribution in [1.29, 1.82) is 0 Å². The molecule has 3 atom stereocenters. The Morgan fingerprint density at radius 2 is 1.71 bits per heavy atom. The molecule has 0 bridgehead atoms. The minimum absolute atomic E-state index is 0.156. The fourth-order valence-electron chi connectivity index (χ4n) is 2.50. The van der Waals surface area contributed by atoms with Crippen molar-refractivity contribution in [2.75, 3.05) is 19.7 Å². The highest BCUT2D eigenvalue weighted by Crippen LogP contribution is 2.12. The highest BCUT2D eigenvalue weighted by molar-refractivity contribution is 5.81. The molecule has 8 nitrogen and oxygen atoms in total. The fraction of sp³-hybridized carbons (Fsp3) is 0.556. The first kappa shape index (κ1) is 23.7. The molecule has 0 aliphatic rings. The summed E-state index contributed by atoms with van der Waals surface area (Å²) in [6.07, 6.45) is -2.92. The zero-order valence-electron chi connectivity index (χ0n) is 15.8. The van der Waals surface area contributed by atoms with E-state index in [1.165, 1.54) is 0 Å². The van der Waals surface area contributed by atoms with Crippen molar-refractivity contribution >= 4 is 12.0 Å². The lowest BCUT2D eigenvalue weighted by molar-refractivity contribution is -0.124. The summed E-state index contributed by atoms with van der Waals surface area (Å²) in [5.41, 5.74) is 0.156. The van der Waals surface area contributed by atoms with E-state index in [0.717, 1.165) is 12.1 Å².